The zero-order valence-electron chi connectivity index (χ0n) is 11.9. The van der Waals surface area contributed by atoms with E-state index < -0.39 is 0 Å². The normalized spacial score (nSPS) is 16.8. The predicted octanol–water partition coefficient (Wildman–Crippen LogP) is 2.56. The molecular formula is C15H23N3O2. The van der Waals surface area contributed by atoms with Crippen molar-refractivity contribution in [3.8, 4) is 0 Å². The fraction of sp³-hybridized carbons (Fsp3) is 0.600. The standard InChI is InChI=1S/C15H23N3O2/c19-18(20)15-7-5-6-14(12-15)13-16-8-11-17-9-3-1-2-4-10-17/h5-7,12,16H,1-4,8-11,13H2. The molecule has 0 amide bonds. The van der Waals surface area contributed by atoms with E-state index in [-0.39, 0.29) is 10.6 Å². The minimum Gasteiger partial charge on any atom is -0.311 e. The summed E-state index contributed by atoms with van der Waals surface area (Å²) in [5, 5.41) is 14.1. The number of hydrogen-bond acceptors (Lipinski definition) is 4. The number of hydrogen-bond donors (Lipinski definition) is 1. The lowest BCUT2D eigenvalue weighted by Gasteiger charge is -2.19. The number of nitrogens with zero attached hydrogens (tertiary/aromatic N) is 2. The molecule has 1 heterocycles. The quantitative estimate of drug-likeness (QED) is 0.493. The van der Waals surface area contributed by atoms with Crippen LogP contribution in [0.5, 0.6) is 0 Å². The number of nitrogens with one attached hydrogen (secondary N) is 1. The van der Waals surface area contributed by atoms with Gasteiger partial charge in [0.2, 0.25) is 0 Å². The Morgan fingerprint density at radius 1 is 1.20 bits per heavy atom. The Morgan fingerprint density at radius 2 is 1.95 bits per heavy atom. The lowest BCUT2D eigenvalue weighted by Crippen LogP contribution is -2.32. The maximum Gasteiger partial charge on any atom is 0.269 e. The van der Waals surface area contributed by atoms with Crippen molar-refractivity contribution in [2.75, 3.05) is 26.2 Å². The molecule has 0 atom stereocenters. The second-order valence-electron chi connectivity index (χ2n) is 5.36. The van der Waals surface area contributed by atoms with Gasteiger partial charge in [-0.05, 0) is 31.5 Å². The molecular weight excluding hydrogens is 254 g/mol. The lowest BCUT2D eigenvalue weighted by molar-refractivity contribution is -0.384. The van der Waals surface area contributed by atoms with Gasteiger partial charge in [0, 0.05) is 31.8 Å². The summed E-state index contributed by atoms with van der Waals surface area (Å²) in [4.78, 5) is 12.9. The van der Waals surface area contributed by atoms with Crippen LogP contribution in [0.4, 0.5) is 5.69 Å². The van der Waals surface area contributed by atoms with Crippen molar-refractivity contribution < 1.29 is 4.92 Å². The van der Waals surface area contributed by atoms with Gasteiger partial charge in [-0.15, -0.1) is 0 Å². The molecule has 1 aliphatic rings. The monoisotopic (exact) mass is 277 g/mol. The molecule has 0 spiro atoms. The van der Waals surface area contributed by atoms with E-state index >= 15 is 0 Å². The first-order valence-corrected chi connectivity index (χ1v) is 7.42. The van der Waals surface area contributed by atoms with Crippen LogP contribution in [0.3, 0.4) is 0 Å². The smallest absolute Gasteiger partial charge is 0.269 e. The summed E-state index contributed by atoms with van der Waals surface area (Å²) in [6.07, 6.45) is 5.34. The lowest BCUT2D eigenvalue weighted by atomic mass is 10.2. The minimum atomic E-state index is -0.346. The number of nitro benzene ring substituents is 1. The van der Waals surface area contributed by atoms with Crippen LogP contribution in [0.25, 0.3) is 0 Å². The molecule has 0 aliphatic carbocycles. The SMILES string of the molecule is O=[N+]([O-])c1cccc(CNCCN2CCCCCC2)c1. The fourth-order valence-corrected chi connectivity index (χ4v) is 2.61. The molecule has 0 radical (unpaired) electrons. The van der Waals surface area contributed by atoms with Crippen LogP contribution in [-0.4, -0.2) is 36.0 Å². The van der Waals surface area contributed by atoms with Crippen molar-refractivity contribution in [1.29, 1.82) is 0 Å². The number of likely N-dealkylation sites (tertiary alicyclic amines) is 1. The Balaban J connectivity index is 1.70. The van der Waals surface area contributed by atoms with E-state index in [1.807, 2.05) is 6.07 Å². The molecule has 0 bridgehead atoms. The second-order valence-corrected chi connectivity index (χ2v) is 5.36. The minimum absolute atomic E-state index is 0.164. The van der Waals surface area contributed by atoms with Crippen LogP contribution in [0.2, 0.25) is 0 Å². The molecule has 5 nitrogen and oxygen atoms in total. The molecule has 5 heteroatoms. The van der Waals surface area contributed by atoms with Gasteiger partial charge < -0.3 is 10.2 Å². The average Bonchev–Trinajstić information content (AvgIpc) is 2.72. The highest BCUT2D eigenvalue weighted by Crippen LogP contribution is 2.13. The van der Waals surface area contributed by atoms with Crippen LogP contribution in [-0.2, 0) is 6.54 Å². The highest BCUT2D eigenvalue weighted by molar-refractivity contribution is 5.34. The summed E-state index contributed by atoms with van der Waals surface area (Å²) in [6.45, 7) is 5.10. The van der Waals surface area contributed by atoms with Crippen LogP contribution in [0, 0.1) is 10.1 Å². The van der Waals surface area contributed by atoms with E-state index in [0.717, 1.165) is 18.7 Å². The van der Waals surface area contributed by atoms with Crippen LogP contribution in [0.1, 0.15) is 31.2 Å². The number of non-ortho nitro benzene ring substituents is 1. The Bertz CT molecular complexity index is 429. The largest absolute Gasteiger partial charge is 0.311 e. The number of nitro groups is 1. The molecule has 1 N–H and O–H groups in total. The Morgan fingerprint density at radius 3 is 2.65 bits per heavy atom. The van der Waals surface area contributed by atoms with Gasteiger partial charge >= 0.3 is 0 Å². The van der Waals surface area contributed by atoms with Crippen molar-refractivity contribution in [3.63, 3.8) is 0 Å². The zero-order chi connectivity index (χ0) is 14.2. The highest BCUT2D eigenvalue weighted by atomic mass is 16.6. The summed E-state index contributed by atoms with van der Waals surface area (Å²) < 4.78 is 0. The van der Waals surface area contributed by atoms with Crippen LogP contribution >= 0.6 is 0 Å². The van der Waals surface area contributed by atoms with Crippen molar-refractivity contribution in [1.82, 2.24) is 10.2 Å². The van der Waals surface area contributed by atoms with Crippen molar-refractivity contribution >= 4 is 5.69 Å². The van der Waals surface area contributed by atoms with E-state index in [2.05, 4.69) is 10.2 Å². The second kappa shape index (κ2) is 7.97. The zero-order valence-corrected chi connectivity index (χ0v) is 11.9. The highest BCUT2D eigenvalue weighted by Gasteiger charge is 2.08. The van der Waals surface area contributed by atoms with Gasteiger partial charge in [0.15, 0.2) is 0 Å². The Hall–Kier alpha value is -1.46. The molecule has 1 fully saturated rings. The summed E-state index contributed by atoms with van der Waals surface area (Å²) in [5.74, 6) is 0. The third-order valence-electron chi connectivity index (χ3n) is 3.75. The Labute approximate surface area is 120 Å². The first-order valence-electron chi connectivity index (χ1n) is 7.42. The third-order valence-corrected chi connectivity index (χ3v) is 3.75. The summed E-state index contributed by atoms with van der Waals surface area (Å²) >= 11 is 0. The van der Waals surface area contributed by atoms with Gasteiger partial charge in [-0.25, -0.2) is 0 Å². The molecule has 0 saturated carbocycles. The topological polar surface area (TPSA) is 58.4 Å². The molecule has 1 aromatic carbocycles. The van der Waals surface area contributed by atoms with Gasteiger partial charge in [0.05, 0.1) is 4.92 Å². The van der Waals surface area contributed by atoms with Crippen molar-refractivity contribution in [2.45, 2.75) is 32.2 Å². The molecule has 0 unspecified atom stereocenters. The molecule has 20 heavy (non-hydrogen) atoms. The van der Waals surface area contributed by atoms with Gasteiger partial charge in [0.1, 0.15) is 0 Å². The Kier molecular flexibility index (Phi) is 5.95. The molecule has 110 valence electrons. The van der Waals surface area contributed by atoms with Gasteiger partial charge in [-0.1, -0.05) is 25.0 Å². The van der Waals surface area contributed by atoms with Gasteiger partial charge in [-0.3, -0.25) is 10.1 Å². The van der Waals surface area contributed by atoms with E-state index in [1.54, 1.807) is 12.1 Å². The predicted molar refractivity (Wildman–Crippen MR) is 79.7 cm³/mol. The first-order chi connectivity index (χ1) is 9.75. The van der Waals surface area contributed by atoms with E-state index in [9.17, 15) is 10.1 Å². The van der Waals surface area contributed by atoms with Crippen LogP contribution in [0.15, 0.2) is 24.3 Å². The summed E-state index contributed by atoms with van der Waals surface area (Å²) in [7, 11) is 0. The fourth-order valence-electron chi connectivity index (χ4n) is 2.61. The summed E-state index contributed by atoms with van der Waals surface area (Å²) in [6, 6.07) is 6.83. The number of rotatable bonds is 6. The number of benzene rings is 1. The van der Waals surface area contributed by atoms with Crippen molar-refractivity contribution in [2.24, 2.45) is 0 Å². The van der Waals surface area contributed by atoms with E-state index in [0.29, 0.717) is 6.54 Å². The molecule has 0 aromatic heterocycles. The maximum absolute atomic E-state index is 10.7. The first kappa shape index (κ1) is 14.9. The van der Waals surface area contributed by atoms with Gasteiger partial charge in [0.25, 0.3) is 5.69 Å². The van der Waals surface area contributed by atoms with E-state index in [1.165, 1.54) is 44.8 Å². The third kappa shape index (κ3) is 4.90. The molecule has 1 saturated heterocycles. The van der Waals surface area contributed by atoms with Gasteiger partial charge in [-0.2, -0.15) is 0 Å². The molecule has 2 rings (SSSR count). The van der Waals surface area contributed by atoms with E-state index in [4.69, 9.17) is 0 Å². The summed E-state index contributed by atoms with van der Waals surface area (Å²) in [5.41, 5.74) is 1.13. The molecule has 1 aliphatic heterocycles. The van der Waals surface area contributed by atoms with Crippen molar-refractivity contribution in [3.05, 3.63) is 39.9 Å². The van der Waals surface area contributed by atoms with Crippen LogP contribution < -0.4 is 5.32 Å². The average molecular weight is 277 g/mol. The maximum atomic E-state index is 10.7. The molecule has 1 aromatic rings.